The van der Waals surface area contributed by atoms with Crippen molar-refractivity contribution in [1.82, 2.24) is 20.2 Å². The Morgan fingerprint density at radius 3 is 2.74 bits per heavy atom. The number of tetrazole rings is 1. The predicted molar refractivity (Wildman–Crippen MR) is 70.6 cm³/mol. The van der Waals surface area contributed by atoms with Crippen molar-refractivity contribution in [3.05, 3.63) is 41.2 Å². The highest BCUT2D eigenvalue weighted by Gasteiger charge is 2.21. The smallest absolute Gasteiger partial charge is 0.248 e. The molecule has 0 atom stereocenters. The minimum atomic E-state index is -0.436. The van der Waals surface area contributed by atoms with Gasteiger partial charge in [-0.2, -0.15) is 0 Å². The highest BCUT2D eigenvalue weighted by molar-refractivity contribution is 5.92. The fraction of sp³-hybridized carbons (Fsp3) is 0.385. The van der Waals surface area contributed by atoms with Gasteiger partial charge in [0.1, 0.15) is 0 Å². The fourth-order valence-electron chi connectivity index (χ4n) is 1.84. The Bertz CT molecular complexity index is 597. The van der Waals surface area contributed by atoms with Gasteiger partial charge < -0.3 is 5.73 Å². The molecule has 0 fully saturated rings. The molecule has 2 aromatic rings. The van der Waals surface area contributed by atoms with Crippen LogP contribution in [0, 0.1) is 0 Å². The van der Waals surface area contributed by atoms with E-state index in [2.05, 4.69) is 36.3 Å². The molecule has 1 aromatic heterocycles. The summed E-state index contributed by atoms with van der Waals surface area (Å²) >= 11 is 0. The van der Waals surface area contributed by atoms with Crippen LogP contribution in [0.1, 0.15) is 42.5 Å². The molecule has 6 heteroatoms. The van der Waals surface area contributed by atoms with Crippen molar-refractivity contribution in [3.8, 4) is 0 Å². The Labute approximate surface area is 111 Å². The second-order valence-corrected chi connectivity index (χ2v) is 5.47. The van der Waals surface area contributed by atoms with Crippen molar-refractivity contribution >= 4 is 5.91 Å². The van der Waals surface area contributed by atoms with E-state index < -0.39 is 5.91 Å². The first-order chi connectivity index (χ1) is 8.88. The summed E-state index contributed by atoms with van der Waals surface area (Å²) in [5.74, 6) is 0.367. The average molecular weight is 259 g/mol. The highest BCUT2D eigenvalue weighted by atomic mass is 16.1. The lowest BCUT2D eigenvalue weighted by Crippen LogP contribution is -2.20. The topological polar surface area (TPSA) is 86.7 Å². The van der Waals surface area contributed by atoms with E-state index in [0.717, 1.165) is 11.4 Å². The van der Waals surface area contributed by atoms with Gasteiger partial charge in [-0.25, -0.2) is 4.68 Å². The van der Waals surface area contributed by atoms with Crippen molar-refractivity contribution in [1.29, 1.82) is 0 Å². The normalized spacial score (nSPS) is 11.5. The quantitative estimate of drug-likeness (QED) is 0.894. The molecule has 0 aliphatic heterocycles. The van der Waals surface area contributed by atoms with E-state index in [-0.39, 0.29) is 5.41 Å². The summed E-state index contributed by atoms with van der Waals surface area (Å²) < 4.78 is 1.74. The Kier molecular flexibility index (Phi) is 3.33. The lowest BCUT2D eigenvalue weighted by Gasteiger charge is -2.17. The van der Waals surface area contributed by atoms with Crippen molar-refractivity contribution in [2.75, 3.05) is 0 Å². The zero-order valence-corrected chi connectivity index (χ0v) is 11.3. The van der Waals surface area contributed by atoms with Crippen LogP contribution in [-0.4, -0.2) is 26.1 Å². The molecule has 0 aliphatic carbocycles. The molecule has 2 N–H and O–H groups in total. The second kappa shape index (κ2) is 4.79. The van der Waals surface area contributed by atoms with Gasteiger partial charge in [-0.3, -0.25) is 4.79 Å². The summed E-state index contributed by atoms with van der Waals surface area (Å²) in [5, 5.41) is 11.8. The molecule has 0 saturated carbocycles. The lowest BCUT2D eigenvalue weighted by atomic mass is 9.96. The van der Waals surface area contributed by atoms with E-state index in [1.54, 1.807) is 22.9 Å². The Balaban J connectivity index is 2.29. The van der Waals surface area contributed by atoms with Crippen LogP contribution in [0.25, 0.3) is 0 Å². The molecule has 1 amide bonds. The summed E-state index contributed by atoms with van der Waals surface area (Å²) in [6, 6.07) is 7.17. The van der Waals surface area contributed by atoms with Gasteiger partial charge in [-0.1, -0.05) is 32.9 Å². The molecule has 0 unspecified atom stereocenters. The number of benzene rings is 1. The van der Waals surface area contributed by atoms with E-state index in [1.807, 2.05) is 6.07 Å². The maximum Gasteiger partial charge on any atom is 0.248 e. The first kappa shape index (κ1) is 13.2. The molecule has 6 nitrogen and oxygen atoms in total. The van der Waals surface area contributed by atoms with Gasteiger partial charge >= 0.3 is 0 Å². The van der Waals surface area contributed by atoms with E-state index in [1.165, 1.54) is 0 Å². The maximum absolute atomic E-state index is 11.2. The molecule has 100 valence electrons. The fourth-order valence-corrected chi connectivity index (χ4v) is 1.84. The first-order valence-electron chi connectivity index (χ1n) is 6.03. The molecule has 0 saturated heterocycles. The summed E-state index contributed by atoms with van der Waals surface area (Å²) in [7, 11) is 0. The van der Waals surface area contributed by atoms with Crippen molar-refractivity contribution in [2.24, 2.45) is 5.73 Å². The molecule has 1 aromatic carbocycles. The third-order valence-electron chi connectivity index (χ3n) is 2.75. The second-order valence-electron chi connectivity index (χ2n) is 5.47. The van der Waals surface area contributed by atoms with Gasteiger partial charge in [0.25, 0.3) is 0 Å². The summed E-state index contributed by atoms with van der Waals surface area (Å²) in [5.41, 5.74) is 6.56. The first-order valence-corrected chi connectivity index (χ1v) is 6.03. The molecular formula is C13H17N5O. The number of amides is 1. The highest BCUT2D eigenvalue weighted by Crippen LogP contribution is 2.19. The Morgan fingerprint density at radius 1 is 1.37 bits per heavy atom. The standard InChI is InChI=1S/C13H17N5O/c1-13(2,3)12-15-16-17-18(12)8-9-5-4-6-10(7-9)11(14)19/h4-7H,8H2,1-3H3,(H2,14,19). The van der Waals surface area contributed by atoms with Crippen molar-refractivity contribution in [2.45, 2.75) is 32.7 Å². The van der Waals surface area contributed by atoms with Crippen LogP contribution in [-0.2, 0) is 12.0 Å². The summed E-state index contributed by atoms with van der Waals surface area (Å²) in [4.78, 5) is 11.2. The summed E-state index contributed by atoms with van der Waals surface area (Å²) in [6.07, 6.45) is 0. The van der Waals surface area contributed by atoms with Crippen molar-refractivity contribution < 1.29 is 4.79 Å². The Hall–Kier alpha value is -2.24. The van der Waals surface area contributed by atoms with Gasteiger partial charge in [0.2, 0.25) is 5.91 Å². The maximum atomic E-state index is 11.2. The largest absolute Gasteiger partial charge is 0.366 e. The average Bonchev–Trinajstić information content (AvgIpc) is 2.77. The minimum absolute atomic E-state index is 0.134. The third kappa shape index (κ3) is 2.96. The number of primary amides is 1. The minimum Gasteiger partial charge on any atom is -0.366 e. The van der Waals surface area contributed by atoms with Crippen LogP contribution in [0.3, 0.4) is 0 Å². The monoisotopic (exact) mass is 259 g/mol. The van der Waals surface area contributed by atoms with Crippen LogP contribution >= 0.6 is 0 Å². The number of nitrogens with two attached hydrogens (primary N) is 1. The molecule has 0 spiro atoms. The number of carbonyl (C=O) groups excluding carboxylic acids is 1. The van der Waals surface area contributed by atoms with E-state index in [4.69, 9.17) is 5.73 Å². The number of rotatable bonds is 3. The number of hydrogen-bond donors (Lipinski definition) is 1. The van der Waals surface area contributed by atoms with Gasteiger partial charge in [0, 0.05) is 11.0 Å². The van der Waals surface area contributed by atoms with Crippen LogP contribution in [0.4, 0.5) is 0 Å². The number of carbonyl (C=O) groups is 1. The molecule has 2 rings (SSSR count). The van der Waals surface area contributed by atoms with Crippen LogP contribution in [0.5, 0.6) is 0 Å². The van der Waals surface area contributed by atoms with Gasteiger partial charge in [0.15, 0.2) is 5.82 Å². The van der Waals surface area contributed by atoms with Gasteiger partial charge in [-0.15, -0.1) is 5.10 Å². The van der Waals surface area contributed by atoms with E-state index >= 15 is 0 Å². The third-order valence-corrected chi connectivity index (χ3v) is 2.75. The molecule has 19 heavy (non-hydrogen) atoms. The van der Waals surface area contributed by atoms with Crippen LogP contribution < -0.4 is 5.73 Å². The molecule has 1 heterocycles. The lowest BCUT2D eigenvalue weighted by molar-refractivity contribution is 0.1000. The van der Waals surface area contributed by atoms with E-state index in [0.29, 0.717) is 12.1 Å². The Morgan fingerprint density at radius 2 is 2.11 bits per heavy atom. The molecule has 0 aliphatic rings. The number of aromatic nitrogens is 4. The van der Waals surface area contributed by atoms with Crippen LogP contribution in [0.15, 0.2) is 24.3 Å². The molecular weight excluding hydrogens is 242 g/mol. The van der Waals surface area contributed by atoms with Crippen LogP contribution in [0.2, 0.25) is 0 Å². The molecule has 0 bridgehead atoms. The predicted octanol–water partition coefficient (Wildman–Crippen LogP) is 1.12. The zero-order chi connectivity index (χ0) is 14.0. The van der Waals surface area contributed by atoms with Gasteiger partial charge in [0.05, 0.1) is 6.54 Å². The number of hydrogen-bond acceptors (Lipinski definition) is 4. The van der Waals surface area contributed by atoms with E-state index in [9.17, 15) is 4.79 Å². The zero-order valence-electron chi connectivity index (χ0n) is 11.3. The summed E-state index contributed by atoms with van der Waals surface area (Å²) in [6.45, 7) is 6.67. The van der Waals surface area contributed by atoms with Crippen molar-refractivity contribution in [3.63, 3.8) is 0 Å². The van der Waals surface area contributed by atoms with Gasteiger partial charge in [-0.05, 0) is 28.1 Å². The molecule has 0 radical (unpaired) electrons. The number of nitrogens with zero attached hydrogens (tertiary/aromatic N) is 4. The SMILES string of the molecule is CC(C)(C)c1nnnn1Cc1cccc(C(N)=O)c1.